The molecule has 2 aromatic heterocycles. The van der Waals surface area contributed by atoms with Crippen molar-refractivity contribution in [2.45, 2.75) is 76.0 Å². The third-order valence-corrected chi connectivity index (χ3v) is 9.84. The number of benzene rings is 2. The molecule has 3 N–H and O–H groups in total. The minimum absolute atomic E-state index is 0.0137. The second-order valence-corrected chi connectivity index (χ2v) is 13.5. The molecule has 270 valence electrons. The van der Waals surface area contributed by atoms with Gasteiger partial charge in [-0.3, -0.25) is 24.1 Å². The van der Waals surface area contributed by atoms with Gasteiger partial charge < -0.3 is 20.1 Å². The Morgan fingerprint density at radius 2 is 1.98 bits per heavy atom. The number of amides is 1. The van der Waals surface area contributed by atoms with Gasteiger partial charge in [0.1, 0.15) is 24.0 Å². The molecule has 10 nitrogen and oxygen atoms in total. The third-order valence-electron chi connectivity index (χ3n) is 9.84. The summed E-state index contributed by atoms with van der Waals surface area (Å²) in [5.41, 5.74) is 0.102. The molecule has 3 unspecified atom stereocenters. The van der Waals surface area contributed by atoms with Crippen LogP contribution in [0.25, 0.3) is 32.9 Å². The number of likely N-dealkylation sites (N-methyl/N-ethyl adjacent to an activating group) is 1. The van der Waals surface area contributed by atoms with Gasteiger partial charge in [-0.2, -0.15) is 4.98 Å². The SMILES string of the molecule is CCCC1(COc2nc3c(F)c(-c4cccc5cccc(CCCOC(=O)NC6(C)CNCC(F)C6)c45)ncc3c(=O)[nH]2)CCCN1C.CF. The number of H-pyrrole nitrogens is 1. The Hall–Kier alpha value is -4.23. The summed E-state index contributed by atoms with van der Waals surface area (Å²) >= 11 is 0. The summed E-state index contributed by atoms with van der Waals surface area (Å²) in [7, 11) is 2.58. The number of fused-ring (bicyclic) bond motifs is 2. The van der Waals surface area contributed by atoms with E-state index in [0.717, 1.165) is 48.6 Å². The lowest BCUT2D eigenvalue weighted by atomic mass is 9.91. The summed E-state index contributed by atoms with van der Waals surface area (Å²) in [4.78, 5) is 39.3. The lowest BCUT2D eigenvalue weighted by Gasteiger charge is -2.36. The molecule has 0 aliphatic carbocycles. The molecule has 4 heterocycles. The molecule has 3 atom stereocenters. The van der Waals surface area contributed by atoms with Crippen molar-refractivity contribution in [1.29, 1.82) is 0 Å². The van der Waals surface area contributed by atoms with E-state index in [1.807, 2.05) is 30.3 Å². The molecule has 0 bridgehead atoms. The van der Waals surface area contributed by atoms with Crippen LogP contribution in [-0.2, 0) is 11.2 Å². The lowest BCUT2D eigenvalue weighted by molar-refractivity contribution is 0.0826. The molecule has 0 spiro atoms. The van der Waals surface area contributed by atoms with Crippen LogP contribution in [0.15, 0.2) is 47.4 Å². The van der Waals surface area contributed by atoms with Crippen LogP contribution in [0.4, 0.5) is 18.0 Å². The Morgan fingerprint density at radius 3 is 2.70 bits per heavy atom. The summed E-state index contributed by atoms with van der Waals surface area (Å²) in [5, 5.41) is 7.54. The Balaban J connectivity index is 0.00000239. The van der Waals surface area contributed by atoms with Crippen LogP contribution in [-0.4, -0.2) is 90.3 Å². The molecule has 2 aromatic carbocycles. The molecule has 50 heavy (non-hydrogen) atoms. The van der Waals surface area contributed by atoms with Crippen LogP contribution in [0.3, 0.4) is 0 Å². The van der Waals surface area contributed by atoms with Gasteiger partial charge in [0.25, 0.3) is 11.6 Å². The molecule has 4 aromatic rings. The fourth-order valence-corrected chi connectivity index (χ4v) is 7.38. The Bertz CT molecular complexity index is 1850. The van der Waals surface area contributed by atoms with Crippen LogP contribution < -0.4 is 20.9 Å². The Morgan fingerprint density at radius 1 is 1.20 bits per heavy atom. The molecule has 0 saturated carbocycles. The number of nitrogens with one attached hydrogen (secondary N) is 3. The van der Waals surface area contributed by atoms with Crippen LogP contribution >= 0.6 is 0 Å². The highest BCUT2D eigenvalue weighted by molar-refractivity contribution is 5.99. The van der Waals surface area contributed by atoms with E-state index < -0.39 is 29.2 Å². The van der Waals surface area contributed by atoms with Gasteiger partial charge in [-0.25, -0.2) is 13.6 Å². The number of hydrogen-bond donors (Lipinski definition) is 3. The third kappa shape index (κ3) is 8.04. The number of likely N-dealkylation sites (tertiary alicyclic amines) is 1. The van der Waals surface area contributed by atoms with Gasteiger partial charge in [0.2, 0.25) is 0 Å². The number of alkyl halides is 2. The van der Waals surface area contributed by atoms with Gasteiger partial charge in [-0.05, 0) is 69.0 Å². The number of ether oxygens (including phenoxy) is 2. The predicted octanol–water partition coefficient (Wildman–Crippen LogP) is 6.26. The Kier molecular flexibility index (Phi) is 12.0. The van der Waals surface area contributed by atoms with E-state index >= 15 is 4.39 Å². The number of aryl methyl sites for hydroxylation is 1. The van der Waals surface area contributed by atoms with Crippen molar-refractivity contribution in [1.82, 2.24) is 30.5 Å². The number of aromatic nitrogens is 3. The molecule has 2 fully saturated rings. The van der Waals surface area contributed by atoms with Crippen molar-refractivity contribution in [3.05, 3.63) is 64.3 Å². The quantitative estimate of drug-likeness (QED) is 0.157. The van der Waals surface area contributed by atoms with E-state index in [2.05, 4.69) is 44.5 Å². The molecule has 2 aliphatic heterocycles. The zero-order valence-electron chi connectivity index (χ0n) is 29.2. The predicted molar refractivity (Wildman–Crippen MR) is 189 cm³/mol. The monoisotopic (exact) mass is 696 g/mol. The zero-order chi connectivity index (χ0) is 35.9. The number of rotatable bonds is 11. The average molecular weight is 697 g/mol. The molecule has 2 aliphatic rings. The van der Waals surface area contributed by atoms with Gasteiger partial charge in [0, 0.05) is 31.3 Å². The lowest BCUT2D eigenvalue weighted by Crippen LogP contribution is -2.58. The van der Waals surface area contributed by atoms with Crippen molar-refractivity contribution in [2.24, 2.45) is 0 Å². The fourth-order valence-electron chi connectivity index (χ4n) is 7.38. The first-order valence-corrected chi connectivity index (χ1v) is 17.2. The molecule has 13 heteroatoms. The number of carbonyl (C=O) groups is 1. The van der Waals surface area contributed by atoms with Crippen LogP contribution in [0.2, 0.25) is 0 Å². The van der Waals surface area contributed by atoms with Crippen LogP contribution in [0, 0.1) is 5.82 Å². The number of nitrogens with zero attached hydrogens (tertiary/aromatic N) is 3. The summed E-state index contributed by atoms with van der Waals surface area (Å²) in [6.07, 6.45) is 5.03. The van der Waals surface area contributed by atoms with Gasteiger partial charge in [0.15, 0.2) is 5.82 Å². The first kappa shape index (κ1) is 37.0. The second-order valence-electron chi connectivity index (χ2n) is 13.5. The van der Waals surface area contributed by atoms with E-state index in [1.54, 1.807) is 13.0 Å². The number of pyridine rings is 1. The first-order chi connectivity index (χ1) is 24.1. The highest BCUT2D eigenvalue weighted by atomic mass is 19.1. The highest BCUT2D eigenvalue weighted by Gasteiger charge is 2.39. The van der Waals surface area contributed by atoms with Crippen LogP contribution in [0.5, 0.6) is 6.01 Å². The normalized spacial score (nSPS) is 22.3. The van der Waals surface area contributed by atoms with E-state index in [0.29, 0.717) is 38.7 Å². The largest absolute Gasteiger partial charge is 0.463 e. The maximum absolute atomic E-state index is 16.4. The van der Waals surface area contributed by atoms with Crippen molar-refractivity contribution in [3.8, 4) is 17.3 Å². The van der Waals surface area contributed by atoms with Crippen LogP contribution in [0.1, 0.15) is 57.9 Å². The summed E-state index contributed by atoms with van der Waals surface area (Å²) in [5.74, 6) is -0.701. The van der Waals surface area contributed by atoms with Gasteiger partial charge in [0.05, 0.1) is 30.2 Å². The number of alkyl carbamates (subject to hydrolysis) is 1. The maximum Gasteiger partial charge on any atom is 0.407 e. The Labute approximate surface area is 290 Å². The number of piperidine rings is 1. The minimum atomic E-state index is -1.03. The minimum Gasteiger partial charge on any atom is -0.463 e. The van der Waals surface area contributed by atoms with Crippen molar-refractivity contribution < 1.29 is 27.4 Å². The molecule has 6 rings (SSSR count). The number of halogens is 3. The molecule has 1 amide bonds. The van der Waals surface area contributed by atoms with Gasteiger partial charge >= 0.3 is 6.09 Å². The van der Waals surface area contributed by atoms with Gasteiger partial charge in [-0.15, -0.1) is 0 Å². The standard InChI is InChI=1S/C36H44F2N6O4.CH3F/c1-4-14-36(15-8-16-44(36)3)22-48-33-41-31-27(32(45)42-33)20-40-30(29(31)38)26-13-6-11-23-9-5-10-24(28(23)26)12-7-17-47-34(46)43-35(2)18-25(37)19-39-21-35;1-2/h5-6,9-11,13,20,25,39H,4,7-8,12,14-19,21-22H2,1-3H3,(H,43,46)(H,41,42,45);1H3. The smallest absolute Gasteiger partial charge is 0.407 e. The van der Waals surface area contributed by atoms with E-state index in [-0.39, 0.29) is 47.7 Å². The van der Waals surface area contributed by atoms with E-state index in [1.165, 1.54) is 6.20 Å². The highest BCUT2D eigenvalue weighted by Crippen LogP contribution is 2.35. The molecular formula is C37H47F3N6O4. The topological polar surface area (TPSA) is 121 Å². The summed E-state index contributed by atoms with van der Waals surface area (Å²) < 4.78 is 51.2. The van der Waals surface area contributed by atoms with Crippen molar-refractivity contribution in [3.63, 3.8) is 0 Å². The fraction of sp³-hybridized carbons (Fsp3) is 0.514. The molecule has 2 saturated heterocycles. The maximum atomic E-state index is 16.4. The van der Waals surface area contributed by atoms with E-state index in [9.17, 15) is 18.4 Å². The zero-order valence-corrected chi connectivity index (χ0v) is 29.2. The van der Waals surface area contributed by atoms with Crippen molar-refractivity contribution >= 4 is 27.8 Å². The second kappa shape index (κ2) is 16.2. The average Bonchev–Trinajstić information content (AvgIpc) is 3.46. The molecular weight excluding hydrogens is 649 g/mol. The first-order valence-electron chi connectivity index (χ1n) is 17.2. The summed E-state index contributed by atoms with van der Waals surface area (Å²) in [6.45, 7) is 6.15. The van der Waals surface area contributed by atoms with Gasteiger partial charge in [-0.1, -0.05) is 49.7 Å². The van der Waals surface area contributed by atoms with Crippen molar-refractivity contribution in [2.75, 3.05) is 47.1 Å². The number of carbonyl (C=O) groups excluding carboxylic acids is 1. The van der Waals surface area contributed by atoms with E-state index in [4.69, 9.17) is 9.47 Å². The summed E-state index contributed by atoms with van der Waals surface area (Å²) in [6, 6.07) is 11.4. The number of hydrogen-bond acceptors (Lipinski definition) is 8. The molecule has 0 radical (unpaired) electrons. The number of aromatic amines is 1.